The van der Waals surface area contributed by atoms with Gasteiger partial charge in [0.2, 0.25) is 0 Å². The first-order chi connectivity index (χ1) is 18.3. The van der Waals surface area contributed by atoms with Gasteiger partial charge in [-0.05, 0) is 77.9 Å². The molecular formula is C28H27IN2O6S. The topological polar surface area (TPSA) is 88.4 Å². The maximum Gasteiger partial charge on any atom is 0.338 e. The highest BCUT2D eigenvalue weighted by Gasteiger charge is 2.33. The number of thiazole rings is 1. The van der Waals surface area contributed by atoms with Crippen molar-refractivity contribution in [1.82, 2.24) is 4.57 Å². The smallest absolute Gasteiger partial charge is 0.338 e. The van der Waals surface area contributed by atoms with Crippen LogP contribution < -0.4 is 29.1 Å². The van der Waals surface area contributed by atoms with Crippen molar-refractivity contribution in [2.75, 3.05) is 27.4 Å². The van der Waals surface area contributed by atoms with Crippen LogP contribution in [0, 0.1) is 3.57 Å². The Labute approximate surface area is 237 Å². The number of hydrogen-bond donors (Lipinski definition) is 0. The van der Waals surface area contributed by atoms with Crippen molar-refractivity contribution in [2.45, 2.75) is 19.9 Å². The zero-order valence-electron chi connectivity index (χ0n) is 21.4. The highest BCUT2D eigenvalue weighted by Crippen LogP contribution is 2.34. The maximum atomic E-state index is 13.8. The fourth-order valence-electron chi connectivity index (χ4n) is 4.15. The third kappa shape index (κ3) is 5.41. The number of methoxy groups -OCH3 is 2. The van der Waals surface area contributed by atoms with Crippen molar-refractivity contribution in [3.05, 3.63) is 94.7 Å². The highest BCUT2D eigenvalue weighted by molar-refractivity contribution is 14.1. The lowest BCUT2D eigenvalue weighted by molar-refractivity contribution is -0.139. The maximum absolute atomic E-state index is 13.8. The van der Waals surface area contributed by atoms with Crippen LogP contribution in [0.4, 0.5) is 0 Å². The molecule has 3 aromatic rings. The van der Waals surface area contributed by atoms with Crippen LogP contribution in [0.25, 0.3) is 6.08 Å². The molecule has 2 heterocycles. The van der Waals surface area contributed by atoms with Crippen LogP contribution in [-0.2, 0) is 9.53 Å². The molecule has 0 saturated carbocycles. The molecule has 4 rings (SSSR count). The van der Waals surface area contributed by atoms with Gasteiger partial charge in [-0.3, -0.25) is 9.36 Å². The Hall–Kier alpha value is -3.38. The minimum absolute atomic E-state index is 0.211. The van der Waals surface area contributed by atoms with Crippen molar-refractivity contribution < 1.29 is 23.7 Å². The number of benzene rings is 2. The van der Waals surface area contributed by atoms with Gasteiger partial charge in [0, 0.05) is 0 Å². The minimum Gasteiger partial charge on any atom is -0.497 e. The molecule has 1 atom stereocenters. The average Bonchev–Trinajstić information content (AvgIpc) is 3.21. The second-order valence-electron chi connectivity index (χ2n) is 8.21. The monoisotopic (exact) mass is 646 g/mol. The minimum atomic E-state index is -0.692. The number of carbonyl (C=O) groups excluding carboxylic acids is 1. The van der Waals surface area contributed by atoms with E-state index in [-0.39, 0.29) is 12.2 Å². The van der Waals surface area contributed by atoms with E-state index >= 15 is 0 Å². The summed E-state index contributed by atoms with van der Waals surface area (Å²) in [5, 5.41) is 0. The van der Waals surface area contributed by atoms with Crippen LogP contribution in [-0.4, -0.2) is 38.0 Å². The quantitative estimate of drug-likeness (QED) is 0.199. The number of esters is 1. The number of allylic oxidation sites excluding steroid dienone is 1. The van der Waals surface area contributed by atoms with Crippen LogP contribution in [0.5, 0.6) is 17.2 Å². The van der Waals surface area contributed by atoms with E-state index in [9.17, 15) is 9.59 Å². The summed E-state index contributed by atoms with van der Waals surface area (Å²) in [5.74, 6) is 1.33. The molecule has 38 heavy (non-hydrogen) atoms. The van der Waals surface area contributed by atoms with Crippen LogP contribution >= 0.6 is 33.9 Å². The van der Waals surface area contributed by atoms with Gasteiger partial charge in [-0.1, -0.05) is 36.1 Å². The summed E-state index contributed by atoms with van der Waals surface area (Å²) in [7, 11) is 3.15. The fourth-order valence-corrected chi connectivity index (χ4v) is 5.98. The van der Waals surface area contributed by atoms with Crippen LogP contribution in [0.2, 0.25) is 0 Å². The summed E-state index contributed by atoms with van der Waals surface area (Å²) in [6.45, 7) is 7.75. The molecule has 0 spiro atoms. The number of halogens is 1. The molecule has 0 unspecified atom stereocenters. The van der Waals surface area contributed by atoms with Gasteiger partial charge in [-0.15, -0.1) is 0 Å². The molecule has 1 aliphatic heterocycles. The molecule has 1 aromatic heterocycles. The molecule has 0 radical (unpaired) electrons. The highest BCUT2D eigenvalue weighted by atomic mass is 127. The zero-order chi connectivity index (χ0) is 27.4. The fraction of sp³-hybridized carbons (Fsp3) is 0.250. The first kappa shape index (κ1) is 27.6. The lowest BCUT2D eigenvalue weighted by Gasteiger charge is -2.24. The number of nitrogens with zero attached hydrogens (tertiary/aromatic N) is 2. The average molecular weight is 647 g/mol. The molecule has 2 aromatic carbocycles. The second-order valence-corrected chi connectivity index (χ2v) is 10.4. The molecule has 198 valence electrons. The van der Waals surface area contributed by atoms with Crippen molar-refractivity contribution in [1.29, 1.82) is 0 Å². The van der Waals surface area contributed by atoms with Gasteiger partial charge in [0.15, 0.2) is 16.3 Å². The lowest BCUT2D eigenvalue weighted by atomic mass is 9.96. The summed E-state index contributed by atoms with van der Waals surface area (Å²) in [4.78, 5) is 32.0. The van der Waals surface area contributed by atoms with Gasteiger partial charge in [-0.25, -0.2) is 9.79 Å². The molecule has 0 fully saturated rings. The van der Waals surface area contributed by atoms with Crippen molar-refractivity contribution in [3.63, 3.8) is 0 Å². The summed E-state index contributed by atoms with van der Waals surface area (Å²) in [6.07, 6.45) is 3.45. The number of hydrogen-bond acceptors (Lipinski definition) is 8. The van der Waals surface area contributed by atoms with E-state index in [4.69, 9.17) is 18.9 Å². The first-order valence-corrected chi connectivity index (χ1v) is 13.7. The summed E-state index contributed by atoms with van der Waals surface area (Å²) < 4.78 is 24.8. The molecule has 0 saturated heterocycles. The van der Waals surface area contributed by atoms with E-state index in [1.54, 1.807) is 56.9 Å². The normalized spacial score (nSPS) is 15.0. The van der Waals surface area contributed by atoms with E-state index in [1.165, 1.54) is 11.3 Å². The van der Waals surface area contributed by atoms with Gasteiger partial charge >= 0.3 is 5.97 Å². The van der Waals surface area contributed by atoms with Gasteiger partial charge in [-0.2, -0.15) is 0 Å². The molecule has 0 aliphatic carbocycles. The van der Waals surface area contributed by atoms with Crippen molar-refractivity contribution in [3.8, 4) is 17.2 Å². The Balaban J connectivity index is 1.89. The largest absolute Gasteiger partial charge is 0.497 e. The molecule has 0 N–H and O–H groups in total. The Bertz CT molecular complexity index is 1590. The molecular weight excluding hydrogens is 619 g/mol. The lowest BCUT2D eigenvalue weighted by Crippen LogP contribution is -2.39. The van der Waals surface area contributed by atoms with E-state index in [0.29, 0.717) is 44.5 Å². The van der Waals surface area contributed by atoms with Gasteiger partial charge < -0.3 is 18.9 Å². The predicted molar refractivity (Wildman–Crippen MR) is 155 cm³/mol. The first-order valence-electron chi connectivity index (χ1n) is 11.8. The second kappa shape index (κ2) is 12.0. The molecule has 1 aliphatic rings. The third-order valence-corrected chi connectivity index (χ3v) is 7.63. The number of fused-ring (bicyclic) bond motifs is 1. The van der Waals surface area contributed by atoms with Crippen LogP contribution in [0.15, 0.2) is 70.1 Å². The van der Waals surface area contributed by atoms with E-state index < -0.39 is 12.0 Å². The molecule has 8 nitrogen and oxygen atoms in total. The van der Waals surface area contributed by atoms with Crippen molar-refractivity contribution in [2.24, 2.45) is 4.99 Å². The van der Waals surface area contributed by atoms with Crippen LogP contribution in [0.1, 0.15) is 31.0 Å². The molecule has 0 amide bonds. The predicted octanol–water partition coefficient (Wildman–Crippen LogP) is 3.98. The Morgan fingerprint density at radius 1 is 1.21 bits per heavy atom. The van der Waals surface area contributed by atoms with E-state index in [0.717, 1.165) is 14.7 Å². The third-order valence-electron chi connectivity index (χ3n) is 5.84. The van der Waals surface area contributed by atoms with Gasteiger partial charge in [0.1, 0.15) is 12.4 Å². The standard InChI is InChI=1S/C28H27IN2O6S/c1-6-12-37-25-20(29)13-17(14-21(25)35-5)15-22-26(32)31-24(18-8-10-19(34-4)11-9-18)23(27(33)36-7-2)16(3)30-28(31)38-22/h6,8-11,13-15,24H,1,7,12H2,2-5H3/b22-15+/t24-/m1/s1. The van der Waals surface area contributed by atoms with Crippen LogP contribution in [0.3, 0.4) is 0 Å². The Morgan fingerprint density at radius 2 is 1.95 bits per heavy atom. The molecule has 10 heteroatoms. The Morgan fingerprint density at radius 3 is 2.58 bits per heavy atom. The number of aromatic nitrogens is 1. The van der Waals surface area contributed by atoms with Crippen molar-refractivity contribution >= 4 is 46.0 Å². The molecule has 0 bridgehead atoms. The number of carbonyl (C=O) groups is 1. The van der Waals surface area contributed by atoms with Gasteiger partial charge in [0.25, 0.3) is 5.56 Å². The summed E-state index contributed by atoms with van der Waals surface area (Å²) in [6, 6.07) is 10.3. The Kier molecular flexibility index (Phi) is 8.72. The SMILES string of the molecule is C=CCOc1c(I)cc(/C=c2/sc3n(c2=O)[C@H](c2ccc(OC)cc2)C(C(=O)OCC)=C(C)N=3)cc1OC. The van der Waals surface area contributed by atoms with E-state index in [2.05, 4.69) is 34.2 Å². The van der Waals surface area contributed by atoms with E-state index in [1.807, 2.05) is 24.3 Å². The zero-order valence-corrected chi connectivity index (χ0v) is 24.4. The van der Waals surface area contributed by atoms with Gasteiger partial charge in [0.05, 0.1) is 46.2 Å². The summed E-state index contributed by atoms with van der Waals surface area (Å²) >= 11 is 3.43. The number of ether oxygens (including phenoxy) is 4. The summed E-state index contributed by atoms with van der Waals surface area (Å²) in [5.41, 5.74) is 2.10. The number of rotatable bonds is 9.